The van der Waals surface area contributed by atoms with E-state index in [0.717, 1.165) is 5.92 Å². The number of carbonyl (C=O) groups excluding carboxylic acids is 1. The van der Waals surface area contributed by atoms with Crippen LogP contribution in [-0.4, -0.2) is 26.5 Å². The van der Waals surface area contributed by atoms with Gasteiger partial charge < -0.3 is 10.6 Å². The molecule has 0 aromatic heterocycles. The standard InChI is InChI=1S/C9H10.C4H10N2O/c1-2-4-8(5-3-1)9-6-7-9;1-5-3-4(7)6-2/h1-5,9H,6-7H2;5H,3H2,1-2H3,(H,6,7). The molecule has 2 N–H and O–H groups in total. The normalized spacial score (nSPS) is 13.6. The second-order valence-corrected chi connectivity index (χ2v) is 3.89. The van der Waals surface area contributed by atoms with E-state index in [1.165, 1.54) is 18.4 Å². The van der Waals surface area contributed by atoms with Crippen LogP contribution in [0.25, 0.3) is 0 Å². The zero-order chi connectivity index (χ0) is 11.8. The van der Waals surface area contributed by atoms with Crippen molar-refractivity contribution in [1.29, 1.82) is 0 Å². The third-order valence-electron chi connectivity index (χ3n) is 2.46. The number of nitrogens with one attached hydrogen (secondary N) is 2. The quantitative estimate of drug-likeness (QED) is 0.811. The maximum atomic E-state index is 10.2. The number of amides is 1. The molecule has 0 unspecified atom stereocenters. The van der Waals surface area contributed by atoms with Crippen molar-refractivity contribution in [2.24, 2.45) is 0 Å². The van der Waals surface area contributed by atoms with Crippen molar-refractivity contribution in [2.75, 3.05) is 20.6 Å². The van der Waals surface area contributed by atoms with Gasteiger partial charge in [-0.1, -0.05) is 30.3 Å². The van der Waals surface area contributed by atoms with E-state index in [-0.39, 0.29) is 5.91 Å². The monoisotopic (exact) mass is 220 g/mol. The van der Waals surface area contributed by atoms with Crippen LogP contribution in [0.2, 0.25) is 0 Å². The molecule has 88 valence electrons. The fourth-order valence-corrected chi connectivity index (χ4v) is 1.39. The first kappa shape index (κ1) is 12.7. The Morgan fingerprint density at radius 3 is 2.25 bits per heavy atom. The summed E-state index contributed by atoms with van der Waals surface area (Å²) in [5.41, 5.74) is 1.53. The molecular weight excluding hydrogens is 200 g/mol. The average molecular weight is 220 g/mol. The van der Waals surface area contributed by atoms with Crippen molar-refractivity contribution >= 4 is 5.91 Å². The van der Waals surface area contributed by atoms with Crippen molar-refractivity contribution in [3.63, 3.8) is 0 Å². The van der Waals surface area contributed by atoms with Crippen LogP contribution in [0.5, 0.6) is 0 Å². The number of likely N-dealkylation sites (N-methyl/N-ethyl adjacent to an activating group) is 2. The molecule has 16 heavy (non-hydrogen) atoms. The molecule has 1 aromatic carbocycles. The Balaban J connectivity index is 0.000000168. The van der Waals surface area contributed by atoms with E-state index in [4.69, 9.17) is 0 Å². The predicted octanol–water partition coefficient (Wildman–Crippen LogP) is 1.52. The fourth-order valence-electron chi connectivity index (χ4n) is 1.39. The molecule has 1 fully saturated rings. The molecule has 0 bridgehead atoms. The Hall–Kier alpha value is -1.35. The molecule has 3 heteroatoms. The summed E-state index contributed by atoms with van der Waals surface area (Å²) in [6, 6.07) is 10.8. The molecule has 0 radical (unpaired) electrons. The molecule has 1 saturated carbocycles. The molecule has 1 aliphatic rings. The molecule has 0 atom stereocenters. The minimum Gasteiger partial charge on any atom is -0.358 e. The largest absolute Gasteiger partial charge is 0.358 e. The molecule has 0 aliphatic heterocycles. The lowest BCUT2D eigenvalue weighted by Crippen LogP contribution is -2.28. The van der Waals surface area contributed by atoms with Gasteiger partial charge in [0.1, 0.15) is 0 Å². The molecule has 1 aliphatic carbocycles. The highest BCUT2D eigenvalue weighted by molar-refractivity contribution is 5.77. The van der Waals surface area contributed by atoms with E-state index in [0.29, 0.717) is 6.54 Å². The highest BCUT2D eigenvalue weighted by Crippen LogP contribution is 2.39. The molecule has 0 spiro atoms. The number of benzene rings is 1. The van der Waals surface area contributed by atoms with Gasteiger partial charge in [-0.2, -0.15) is 0 Å². The summed E-state index contributed by atoms with van der Waals surface area (Å²) in [6.45, 7) is 0.399. The number of carbonyl (C=O) groups is 1. The Kier molecular flexibility index (Phi) is 5.57. The highest BCUT2D eigenvalue weighted by Gasteiger charge is 2.22. The zero-order valence-electron chi connectivity index (χ0n) is 9.99. The van der Waals surface area contributed by atoms with E-state index in [2.05, 4.69) is 41.0 Å². The lowest BCUT2D eigenvalue weighted by molar-refractivity contribution is -0.119. The summed E-state index contributed by atoms with van der Waals surface area (Å²) in [4.78, 5) is 10.2. The number of hydrogen-bond acceptors (Lipinski definition) is 2. The van der Waals surface area contributed by atoms with E-state index in [1.807, 2.05) is 0 Å². The van der Waals surface area contributed by atoms with Gasteiger partial charge in [-0.3, -0.25) is 4.79 Å². The van der Waals surface area contributed by atoms with Gasteiger partial charge in [-0.25, -0.2) is 0 Å². The summed E-state index contributed by atoms with van der Waals surface area (Å²) in [6.07, 6.45) is 2.81. The van der Waals surface area contributed by atoms with Crippen LogP contribution < -0.4 is 10.6 Å². The van der Waals surface area contributed by atoms with Gasteiger partial charge in [-0.15, -0.1) is 0 Å². The Morgan fingerprint density at radius 2 is 1.88 bits per heavy atom. The van der Waals surface area contributed by atoms with Gasteiger partial charge in [0.15, 0.2) is 0 Å². The van der Waals surface area contributed by atoms with Crippen molar-refractivity contribution in [2.45, 2.75) is 18.8 Å². The lowest BCUT2D eigenvalue weighted by Gasteiger charge is -1.93. The van der Waals surface area contributed by atoms with Gasteiger partial charge in [-0.05, 0) is 31.4 Å². The third kappa shape index (κ3) is 4.94. The fraction of sp³-hybridized carbons (Fsp3) is 0.462. The number of rotatable bonds is 3. The summed E-state index contributed by atoms with van der Waals surface area (Å²) in [5.74, 6) is 0.925. The average Bonchev–Trinajstić information content (AvgIpc) is 3.15. The van der Waals surface area contributed by atoms with Crippen molar-refractivity contribution in [3.05, 3.63) is 35.9 Å². The lowest BCUT2D eigenvalue weighted by atomic mass is 10.1. The number of hydrogen-bond donors (Lipinski definition) is 2. The Labute approximate surface area is 97.2 Å². The van der Waals surface area contributed by atoms with Crippen LogP contribution in [0, 0.1) is 0 Å². The van der Waals surface area contributed by atoms with Crippen LogP contribution in [0.1, 0.15) is 24.3 Å². The van der Waals surface area contributed by atoms with E-state index < -0.39 is 0 Å². The van der Waals surface area contributed by atoms with E-state index >= 15 is 0 Å². The summed E-state index contributed by atoms with van der Waals surface area (Å²) in [7, 11) is 3.34. The Morgan fingerprint density at radius 1 is 1.25 bits per heavy atom. The molecular formula is C13H20N2O. The second-order valence-electron chi connectivity index (χ2n) is 3.89. The first-order valence-corrected chi connectivity index (χ1v) is 5.68. The maximum Gasteiger partial charge on any atom is 0.233 e. The smallest absolute Gasteiger partial charge is 0.233 e. The minimum atomic E-state index is 0.0162. The van der Waals surface area contributed by atoms with Crippen LogP contribution in [-0.2, 0) is 4.79 Å². The van der Waals surface area contributed by atoms with Crippen LogP contribution in [0.3, 0.4) is 0 Å². The van der Waals surface area contributed by atoms with Gasteiger partial charge in [0, 0.05) is 7.05 Å². The topological polar surface area (TPSA) is 41.1 Å². The van der Waals surface area contributed by atoms with Crippen LogP contribution in [0.4, 0.5) is 0 Å². The summed E-state index contributed by atoms with van der Waals surface area (Å²) in [5, 5.41) is 5.17. The van der Waals surface area contributed by atoms with Crippen molar-refractivity contribution in [3.8, 4) is 0 Å². The first-order chi connectivity index (χ1) is 7.77. The van der Waals surface area contributed by atoms with Crippen molar-refractivity contribution < 1.29 is 4.79 Å². The molecule has 2 rings (SSSR count). The van der Waals surface area contributed by atoms with Crippen LogP contribution >= 0.6 is 0 Å². The third-order valence-corrected chi connectivity index (χ3v) is 2.46. The zero-order valence-corrected chi connectivity index (χ0v) is 9.99. The van der Waals surface area contributed by atoms with E-state index in [9.17, 15) is 4.79 Å². The van der Waals surface area contributed by atoms with Crippen LogP contribution in [0.15, 0.2) is 30.3 Å². The first-order valence-electron chi connectivity index (χ1n) is 5.68. The minimum absolute atomic E-state index is 0.0162. The van der Waals surface area contributed by atoms with Gasteiger partial charge in [0.05, 0.1) is 6.54 Å². The maximum absolute atomic E-state index is 10.2. The molecule has 0 saturated heterocycles. The molecule has 1 amide bonds. The molecule has 1 aromatic rings. The molecule has 0 heterocycles. The summed E-state index contributed by atoms with van der Waals surface area (Å²) < 4.78 is 0. The van der Waals surface area contributed by atoms with Gasteiger partial charge in [0.2, 0.25) is 5.91 Å². The van der Waals surface area contributed by atoms with Crippen molar-refractivity contribution in [1.82, 2.24) is 10.6 Å². The van der Waals surface area contributed by atoms with E-state index in [1.54, 1.807) is 14.1 Å². The second kappa shape index (κ2) is 7.01. The summed E-state index contributed by atoms with van der Waals surface area (Å²) >= 11 is 0. The highest BCUT2D eigenvalue weighted by atomic mass is 16.1. The Bertz CT molecular complexity index is 307. The van der Waals surface area contributed by atoms with Gasteiger partial charge >= 0.3 is 0 Å². The van der Waals surface area contributed by atoms with Gasteiger partial charge in [0.25, 0.3) is 0 Å². The predicted molar refractivity (Wildman–Crippen MR) is 66.4 cm³/mol. The molecule has 3 nitrogen and oxygen atoms in total. The SMILES string of the molecule is CNCC(=O)NC.c1ccc(C2CC2)cc1.